The van der Waals surface area contributed by atoms with Crippen LogP contribution in [0.3, 0.4) is 0 Å². The third-order valence-corrected chi connectivity index (χ3v) is 5.92. The summed E-state index contributed by atoms with van der Waals surface area (Å²) >= 11 is 0. The number of aromatic amines is 1. The van der Waals surface area contributed by atoms with Gasteiger partial charge >= 0.3 is 0 Å². The Morgan fingerprint density at radius 2 is 1.86 bits per heavy atom. The summed E-state index contributed by atoms with van der Waals surface area (Å²) in [5.74, 6) is 0.745. The number of hydrogen-bond donors (Lipinski definition) is 3. The van der Waals surface area contributed by atoms with E-state index in [0.717, 1.165) is 55.9 Å². The van der Waals surface area contributed by atoms with Crippen LogP contribution in [0, 0.1) is 0 Å². The molecule has 0 radical (unpaired) electrons. The van der Waals surface area contributed by atoms with Crippen molar-refractivity contribution in [3.63, 3.8) is 0 Å². The molecule has 0 atom stereocenters. The Morgan fingerprint density at radius 1 is 1.08 bits per heavy atom. The first kappa shape index (κ1) is 29.1. The number of halogens is 1. The second-order valence-corrected chi connectivity index (χ2v) is 8.87. The highest BCUT2D eigenvalue weighted by Gasteiger charge is 2.06. The molecule has 2 aromatic heterocycles. The van der Waals surface area contributed by atoms with Crippen molar-refractivity contribution < 1.29 is 4.79 Å². The van der Waals surface area contributed by atoms with Gasteiger partial charge in [0.25, 0.3) is 5.91 Å². The number of carbonyl (C=O) groups is 1. The zero-order valence-electron chi connectivity index (χ0n) is 21.3. The molecule has 0 aliphatic heterocycles. The van der Waals surface area contributed by atoms with Crippen LogP contribution in [-0.4, -0.2) is 44.0 Å². The fraction of sp³-hybridized carbons (Fsp3) is 0.481. The number of amides is 1. The molecule has 196 valence electrons. The van der Waals surface area contributed by atoms with Gasteiger partial charge in [-0.1, -0.05) is 49.6 Å². The van der Waals surface area contributed by atoms with Gasteiger partial charge in [-0.3, -0.25) is 9.48 Å². The number of carbonyl (C=O) groups excluding carboxylic acids is 1. The molecule has 3 aromatic rings. The molecule has 0 aliphatic carbocycles. The topological polar surface area (TPSA) is 101 Å². The molecule has 0 bridgehead atoms. The van der Waals surface area contributed by atoms with Gasteiger partial charge in [0.1, 0.15) is 0 Å². The van der Waals surface area contributed by atoms with Crippen molar-refractivity contribution in [3.8, 4) is 0 Å². The maximum absolute atomic E-state index is 12.4. The number of H-pyrrole nitrogens is 1. The molecule has 3 rings (SSSR count). The minimum absolute atomic E-state index is 0. The Labute approximate surface area is 220 Å². The zero-order valence-corrected chi connectivity index (χ0v) is 22.2. The van der Waals surface area contributed by atoms with Crippen molar-refractivity contribution in [1.29, 1.82) is 0 Å². The first-order chi connectivity index (χ1) is 17.2. The number of aryl methyl sites for hydroxylation is 3. The van der Waals surface area contributed by atoms with Crippen LogP contribution in [0.15, 0.2) is 49.3 Å². The zero-order chi connectivity index (χ0) is 24.7. The van der Waals surface area contributed by atoms with Crippen LogP contribution in [0.25, 0.3) is 0 Å². The van der Waals surface area contributed by atoms with E-state index in [1.807, 2.05) is 30.6 Å². The van der Waals surface area contributed by atoms with Crippen LogP contribution in [-0.2, 0) is 25.8 Å². The number of aromatic nitrogens is 5. The van der Waals surface area contributed by atoms with Crippen LogP contribution in [0.1, 0.15) is 72.8 Å². The molecule has 0 saturated heterocycles. The normalized spacial score (nSPS) is 10.6. The molecule has 0 saturated carbocycles. The summed E-state index contributed by atoms with van der Waals surface area (Å²) in [5, 5.41) is 14.6. The summed E-state index contributed by atoms with van der Waals surface area (Å²) in [7, 11) is 0. The van der Waals surface area contributed by atoms with Gasteiger partial charge in [0, 0.05) is 30.5 Å². The predicted octanol–water partition coefficient (Wildman–Crippen LogP) is 5.14. The smallest absolute Gasteiger partial charge is 0.251 e. The third-order valence-electron chi connectivity index (χ3n) is 5.92. The molecule has 8 nitrogen and oxygen atoms in total. The lowest BCUT2D eigenvalue weighted by molar-refractivity contribution is 0.0952. The molecule has 0 unspecified atom stereocenters. The molecule has 1 amide bonds. The summed E-state index contributed by atoms with van der Waals surface area (Å²) in [6.45, 7) is 7.73. The van der Waals surface area contributed by atoms with E-state index in [1.54, 1.807) is 4.68 Å². The van der Waals surface area contributed by atoms with E-state index in [0.29, 0.717) is 25.2 Å². The monoisotopic (exact) mass is 513 g/mol. The van der Waals surface area contributed by atoms with E-state index < -0.39 is 0 Å². The van der Waals surface area contributed by atoms with Crippen LogP contribution in [0.5, 0.6) is 0 Å². The van der Waals surface area contributed by atoms with Gasteiger partial charge in [0.2, 0.25) is 5.95 Å². The predicted molar refractivity (Wildman–Crippen MR) is 148 cm³/mol. The van der Waals surface area contributed by atoms with E-state index >= 15 is 0 Å². The highest BCUT2D eigenvalue weighted by atomic mass is 35.5. The largest absolute Gasteiger partial charge is 0.352 e. The summed E-state index contributed by atoms with van der Waals surface area (Å²) in [6.07, 6.45) is 15.6. The summed E-state index contributed by atoms with van der Waals surface area (Å²) in [6, 6.07) is 7.94. The summed E-state index contributed by atoms with van der Waals surface area (Å²) in [4.78, 5) is 20.0. The standard InChI is InChI=1S/C27H39N7O.ClH/c1-3-5-7-10-22-13-15-23(16-14-22)26(35)28-18-19-34-21-25(32-33-34)12-9-6-8-11-24-20-30-27(31-24)29-17-4-2;/h4,13-16,20-21H,2-3,5-12,17-19H2,1H3,(H,28,35)(H2,29,30,31);1H. The van der Waals surface area contributed by atoms with Gasteiger partial charge in [0.15, 0.2) is 0 Å². The van der Waals surface area contributed by atoms with Gasteiger partial charge in [-0.2, -0.15) is 0 Å². The number of imidazole rings is 1. The Kier molecular flexibility index (Phi) is 13.4. The Morgan fingerprint density at radius 3 is 2.64 bits per heavy atom. The van der Waals surface area contributed by atoms with Crippen molar-refractivity contribution >= 4 is 24.3 Å². The molecule has 0 aliphatic rings. The van der Waals surface area contributed by atoms with Crippen LogP contribution < -0.4 is 10.6 Å². The average molecular weight is 514 g/mol. The Hall–Kier alpha value is -3.13. The third kappa shape index (κ3) is 10.2. The highest BCUT2D eigenvalue weighted by Crippen LogP contribution is 2.10. The highest BCUT2D eigenvalue weighted by molar-refractivity contribution is 5.94. The van der Waals surface area contributed by atoms with E-state index in [9.17, 15) is 4.79 Å². The summed E-state index contributed by atoms with van der Waals surface area (Å²) < 4.78 is 1.80. The number of nitrogens with zero attached hydrogens (tertiary/aromatic N) is 4. The van der Waals surface area contributed by atoms with Gasteiger partial charge < -0.3 is 15.6 Å². The van der Waals surface area contributed by atoms with E-state index in [1.165, 1.54) is 24.8 Å². The van der Waals surface area contributed by atoms with Crippen molar-refractivity contribution in [2.45, 2.75) is 71.3 Å². The Bertz CT molecular complexity index is 1030. The van der Waals surface area contributed by atoms with E-state index in [-0.39, 0.29) is 18.3 Å². The lowest BCUT2D eigenvalue weighted by Crippen LogP contribution is -2.27. The second-order valence-electron chi connectivity index (χ2n) is 8.87. The van der Waals surface area contributed by atoms with Crippen molar-refractivity contribution in [2.75, 3.05) is 18.4 Å². The maximum atomic E-state index is 12.4. The number of benzene rings is 1. The molecule has 0 spiro atoms. The van der Waals surface area contributed by atoms with E-state index in [2.05, 4.69) is 56.5 Å². The minimum atomic E-state index is -0.0497. The molecule has 36 heavy (non-hydrogen) atoms. The van der Waals surface area contributed by atoms with Gasteiger partial charge in [-0.15, -0.1) is 24.1 Å². The molecule has 1 aromatic carbocycles. The van der Waals surface area contributed by atoms with Crippen molar-refractivity contribution in [1.82, 2.24) is 30.3 Å². The van der Waals surface area contributed by atoms with Crippen LogP contribution >= 0.6 is 12.4 Å². The number of unbranched alkanes of at least 4 members (excludes halogenated alkanes) is 4. The second kappa shape index (κ2) is 16.5. The number of hydrogen-bond acceptors (Lipinski definition) is 5. The number of rotatable bonds is 17. The fourth-order valence-corrected chi connectivity index (χ4v) is 3.89. The van der Waals surface area contributed by atoms with Crippen molar-refractivity contribution in [3.05, 3.63) is 71.8 Å². The average Bonchev–Trinajstić information content (AvgIpc) is 3.52. The molecule has 2 heterocycles. The van der Waals surface area contributed by atoms with Gasteiger partial charge in [-0.05, 0) is 56.2 Å². The van der Waals surface area contributed by atoms with E-state index in [4.69, 9.17) is 0 Å². The van der Waals surface area contributed by atoms with Crippen LogP contribution in [0.4, 0.5) is 5.95 Å². The fourth-order valence-electron chi connectivity index (χ4n) is 3.89. The van der Waals surface area contributed by atoms with Crippen LogP contribution in [0.2, 0.25) is 0 Å². The number of nitrogens with one attached hydrogen (secondary N) is 3. The maximum Gasteiger partial charge on any atom is 0.251 e. The van der Waals surface area contributed by atoms with Gasteiger partial charge in [0.05, 0.1) is 18.4 Å². The SMILES string of the molecule is C=CCNc1ncc(CCCCCc2cn(CCNC(=O)c3ccc(CCCCC)cc3)nn2)[nH]1.Cl. The lowest BCUT2D eigenvalue weighted by atomic mass is 10.1. The lowest BCUT2D eigenvalue weighted by Gasteiger charge is -2.06. The molecule has 0 fully saturated rings. The van der Waals surface area contributed by atoms with Crippen molar-refractivity contribution in [2.24, 2.45) is 0 Å². The molecular formula is C27H40ClN7O. The molecule has 9 heteroatoms. The first-order valence-electron chi connectivity index (χ1n) is 12.8. The molecular weight excluding hydrogens is 474 g/mol. The Balaban J connectivity index is 0.00000456. The summed E-state index contributed by atoms with van der Waals surface area (Å²) in [5.41, 5.74) is 4.12. The number of anilines is 1. The van der Waals surface area contributed by atoms with Gasteiger partial charge in [-0.25, -0.2) is 4.98 Å². The quantitative estimate of drug-likeness (QED) is 0.171. The molecule has 3 N–H and O–H groups in total. The minimum Gasteiger partial charge on any atom is -0.352 e. The first-order valence-corrected chi connectivity index (χ1v) is 12.8.